The molecule has 0 aliphatic carbocycles. The molecule has 0 aromatic heterocycles. The van der Waals surface area contributed by atoms with E-state index in [1.807, 2.05) is 0 Å². The first-order valence-corrected chi connectivity index (χ1v) is 12.4. The zero-order valence-corrected chi connectivity index (χ0v) is 21.4. The molecule has 2 amide bonds. The molecule has 11 heteroatoms. The van der Waals surface area contributed by atoms with Crippen LogP contribution in [0.15, 0.2) is 48.5 Å². The minimum atomic E-state index is -4.11. The largest absolute Gasteiger partial charge is 0.352 e. The molecule has 0 aliphatic rings. The topological polar surface area (TPSA) is 90.0 Å². The van der Waals surface area contributed by atoms with Crippen molar-refractivity contribution in [1.29, 1.82) is 0 Å². The highest BCUT2D eigenvalue weighted by molar-refractivity contribution is 7.90. The van der Waals surface area contributed by atoms with Gasteiger partial charge < -0.3 is 10.2 Å². The molecule has 0 radical (unpaired) electrons. The van der Waals surface area contributed by atoms with Gasteiger partial charge in [0.25, 0.3) is 0 Å². The van der Waals surface area contributed by atoms with Crippen LogP contribution in [0.3, 0.4) is 0 Å². The predicted octanol–water partition coefficient (Wildman–Crippen LogP) is 3.03. The van der Waals surface area contributed by atoms with Crippen LogP contribution in [-0.2, 0) is 26.3 Å². The molecule has 2 aromatic carbocycles. The van der Waals surface area contributed by atoms with Crippen molar-refractivity contribution in [2.75, 3.05) is 24.9 Å². The number of benzene rings is 2. The zero-order valence-electron chi connectivity index (χ0n) is 19.8. The Hall–Kier alpha value is -2.69. The van der Waals surface area contributed by atoms with Gasteiger partial charge in [-0.2, -0.15) is 12.7 Å². The molecule has 0 fully saturated rings. The van der Waals surface area contributed by atoms with Gasteiger partial charge in [0.1, 0.15) is 18.4 Å². The second kappa shape index (κ2) is 11.6. The summed E-state index contributed by atoms with van der Waals surface area (Å²) in [6.45, 7) is 4.55. The van der Waals surface area contributed by atoms with Crippen LogP contribution in [0, 0.1) is 5.82 Å². The summed E-state index contributed by atoms with van der Waals surface area (Å²) < 4.78 is 41.3. The molecule has 34 heavy (non-hydrogen) atoms. The van der Waals surface area contributed by atoms with E-state index in [1.54, 1.807) is 45.0 Å². The summed E-state index contributed by atoms with van der Waals surface area (Å²) in [6.07, 6.45) is 0. The number of carbonyl (C=O) groups excluding carboxylic acids is 2. The van der Waals surface area contributed by atoms with Gasteiger partial charge in [-0.05, 0) is 56.7 Å². The number of anilines is 1. The van der Waals surface area contributed by atoms with E-state index >= 15 is 0 Å². The molecule has 0 bridgehead atoms. The van der Waals surface area contributed by atoms with Crippen molar-refractivity contribution in [1.82, 2.24) is 14.5 Å². The minimum Gasteiger partial charge on any atom is -0.352 e. The number of halogens is 2. The van der Waals surface area contributed by atoms with Crippen LogP contribution in [0.1, 0.15) is 26.3 Å². The Balaban J connectivity index is 2.46. The molecule has 0 aliphatic heterocycles. The van der Waals surface area contributed by atoms with Crippen molar-refractivity contribution in [2.45, 2.75) is 39.4 Å². The van der Waals surface area contributed by atoms with Crippen molar-refractivity contribution in [2.24, 2.45) is 0 Å². The van der Waals surface area contributed by atoms with Crippen LogP contribution in [0.25, 0.3) is 0 Å². The van der Waals surface area contributed by atoms with Crippen LogP contribution in [0.4, 0.5) is 10.1 Å². The van der Waals surface area contributed by atoms with Crippen LogP contribution in [0.5, 0.6) is 0 Å². The maximum absolute atomic E-state index is 13.5. The second-order valence-electron chi connectivity index (χ2n) is 8.23. The van der Waals surface area contributed by atoms with Crippen LogP contribution in [-0.4, -0.2) is 62.2 Å². The fourth-order valence-corrected chi connectivity index (χ4v) is 4.37. The van der Waals surface area contributed by atoms with Gasteiger partial charge in [0.05, 0.1) is 5.69 Å². The third kappa shape index (κ3) is 6.91. The van der Waals surface area contributed by atoms with Crippen LogP contribution in [0.2, 0.25) is 5.02 Å². The highest BCUT2D eigenvalue weighted by Gasteiger charge is 2.33. The SMILES string of the molecule is CC(C)NC(=O)C(C)N(Cc1ccccc1Cl)C(=O)CN(c1ccc(F)cc1)S(=O)(=O)N(C)C. The summed E-state index contributed by atoms with van der Waals surface area (Å²) >= 11 is 6.29. The summed E-state index contributed by atoms with van der Waals surface area (Å²) in [5, 5.41) is 3.18. The van der Waals surface area contributed by atoms with Gasteiger partial charge in [-0.15, -0.1) is 0 Å². The highest BCUT2D eigenvalue weighted by atomic mass is 35.5. The number of amides is 2. The predicted molar refractivity (Wildman–Crippen MR) is 131 cm³/mol. The Morgan fingerprint density at radius 3 is 2.15 bits per heavy atom. The third-order valence-corrected chi connectivity index (χ3v) is 7.22. The Morgan fingerprint density at radius 2 is 1.62 bits per heavy atom. The molecule has 0 saturated heterocycles. The van der Waals surface area contributed by atoms with Gasteiger partial charge in [-0.1, -0.05) is 29.8 Å². The Bertz CT molecular complexity index is 1110. The molecule has 8 nitrogen and oxygen atoms in total. The lowest BCUT2D eigenvalue weighted by Crippen LogP contribution is -2.53. The first kappa shape index (κ1) is 27.6. The van der Waals surface area contributed by atoms with Crippen LogP contribution < -0.4 is 9.62 Å². The normalized spacial score (nSPS) is 12.5. The molecule has 1 N–H and O–H groups in total. The van der Waals surface area contributed by atoms with Crippen molar-refractivity contribution in [3.05, 3.63) is 64.9 Å². The lowest BCUT2D eigenvalue weighted by molar-refractivity contribution is -0.139. The van der Waals surface area contributed by atoms with Gasteiger partial charge in [0.15, 0.2) is 0 Å². The highest BCUT2D eigenvalue weighted by Crippen LogP contribution is 2.23. The molecule has 0 heterocycles. The monoisotopic (exact) mass is 512 g/mol. The minimum absolute atomic E-state index is 0.00947. The van der Waals surface area contributed by atoms with Gasteiger partial charge >= 0.3 is 10.2 Å². The Labute approximate surface area is 205 Å². The first-order chi connectivity index (χ1) is 15.8. The zero-order chi connectivity index (χ0) is 25.6. The van der Waals surface area contributed by atoms with E-state index in [4.69, 9.17) is 11.6 Å². The quantitative estimate of drug-likeness (QED) is 0.530. The van der Waals surface area contributed by atoms with Gasteiger partial charge in [-0.3, -0.25) is 9.59 Å². The number of hydrogen-bond donors (Lipinski definition) is 1. The fourth-order valence-electron chi connectivity index (χ4n) is 3.12. The van der Waals surface area contributed by atoms with E-state index in [9.17, 15) is 22.4 Å². The smallest absolute Gasteiger partial charge is 0.304 e. The summed E-state index contributed by atoms with van der Waals surface area (Å²) in [5.41, 5.74) is 0.714. The van der Waals surface area contributed by atoms with E-state index in [0.29, 0.717) is 10.6 Å². The number of hydrogen-bond acceptors (Lipinski definition) is 4. The first-order valence-electron chi connectivity index (χ1n) is 10.6. The molecule has 186 valence electrons. The summed E-state index contributed by atoms with van der Waals surface area (Å²) in [4.78, 5) is 27.5. The summed E-state index contributed by atoms with van der Waals surface area (Å²) in [6, 6.07) is 10.6. The molecule has 2 rings (SSSR count). The van der Waals surface area contributed by atoms with Crippen molar-refractivity contribution < 1.29 is 22.4 Å². The number of nitrogens with one attached hydrogen (secondary N) is 1. The second-order valence-corrected chi connectivity index (χ2v) is 10.7. The number of carbonyl (C=O) groups is 2. The molecular weight excluding hydrogens is 483 g/mol. The molecule has 0 saturated carbocycles. The molecule has 0 spiro atoms. The van der Waals surface area contributed by atoms with E-state index in [-0.39, 0.29) is 24.2 Å². The van der Waals surface area contributed by atoms with E-state index in [1.165, 1.54) is 31.1 Å². The number of nitrogens with zero attached hydrogens (tertiary/aromatic N) is 3. The van der Waals surface area contributed by atoms with Crippen molar-refractivity contribution in [3.63, 3.8) is 0 Å². The average molecular weight is 513 g/mol. The Kier molecular flexibility index (Phi) is 9.43. The molecule has 1 unspecified atom stereocenters. The van der Waals surface area contributed by atoms with Gasteiger partial charge in [-0.25, -0.2) is 8.70 Å². The maximum Gasteiger partial charge on any atom is 0.304 e. The maximum atomic E-state index is 13.5. The van der Waals surface area contributed by atoms with E-state index in [2.05, 4.69) is 5.32 Å². The number of rotatable bonds is 10. The average Bonchev–Trinajstić information content (AvgIpc) is 2.76. The lowest BCUT2D eigenvalue weighted by Gasteiger charge is -2.33. The van der Waals surface area contributed by atoms with Gasteiger partial charge in [0.2, 0.25) is 11.8 Å². The van der Waals surface area contributed by atoms with Crippen molar-refractivity contribution >= 4 is 39.3 Å². The summed E-state index contributed by atoms with van der Waals surface area (Å²) in [5.74, 6) is -1.56. The molecule has 1 atom stereocenters. The molecule has 2 aromatic rings. The lowest BCUT2D eigenvalue weighted by atomic mass is 10.1. The van der Waals surface area contributed by atoms with E-state index < -0.39 is 34.5 Å². The standard InChI is InChI=1S/C23H30ClFN4O4S/c1-16(2)26-23(31)17(3)28(14-18-8-6-7-9-21(18)24)22(30)15-29(34(32,33)27(4)5)20-12-10-19(25)11-13-20/h6-13,16-17H,14-15H2,1-5H3,(H,26,31). The van der Waals surface area contributed by atoms with Gasteiger partial charge in [0, 0.05) is 31.7 Å². The fraction of sp³-hybridized carbons (Fsp3) is 0.391. The third-order valence-electron chi connectivity index (χ3n) is 5.03. The Morgan fingerprint density at radius 1 is 1.03 bits per heavy atom. The van der Waals surface area contributed by atoms with Crippen molar-refractivity contribution in [3.8, 4) is 0 Å². The molecular formula is C23H30ClFN4O4S. The van der Waals surface area contributed by atoms with Crippen LogP contribution >= 0.6 is 11.6 Å². The summed E-state index contributed by atoms with van der Waals surface area (Å²) in [7, 11) is -1.45. The van der Waals surface area contributed by atoms with E-state index in [0.717, 1.165) is 20.7 Å².